The number of halogens is 3. The first-order valence-electron chi connectivity index (χ1n) is 5.70. The van der Waals surface area contributed by atoms with Crippen LogP contribution in [-0.4, -0.2) is 5.91 Å². The topological polar surface area (TPSA) is 55.1 Å². The van der Waals surface area contributed by atoms with E-state index in [9.17, 15) is 9.18 Å². The second-order valence-corrected chi connectivity index (χ2v) is 5.06. The molecule has 2 aromatic rings. The molecule has 0 heterocycles. The minimum absolute atomic E-state index is 0.201. The summed E-state index contributed by atoms with van der Waals surface area (Å²) in [6.45, 7) is 1.61. The Balaban J connectivity index is 2.26. The van der Waals surface area contributed by atoms with Crippen molar-refractivity contribution in [2.75, 3.05) is 11.1 Å². The molecule has 20 heavy (non-hydrogen) atoms. The van der Waals surface area contributed by atoms with E-state index in [1.165, 1.54) is 30.3 Å². The van der Waals surface area contributed by atoms with E-state index < -0.39 is 5.91 Å². The van der Waals surface area contributed by atoms with E-state index in [1.807, 2.05) is 0 Å². The largest absolute Gasteiger partial charge is 0.397 e. The number of anilines is 2. The van der Waals surface area contributed by atoms with Gasteiger partial charge in [-0.3, -0.25) is 4.79 Å². The van der Waals surface area contributed by atoms with E-state index in [1.54, 1.807) is 6.92 Å². The molecule has 6 heteroatoms. The van der Waals surface area contributed by atoms with E-state index >= 15 is 0 Å². The van der Waals surface area contributed by atoms with Crippen LogP contribution >= 0.6 is 23.2 Å². The second-order valence-electron chi connectivity index (χ2n) is 4.28. The van der Waals surface area contributed by atoms with Crippen LogP contribution in [0.1, 0.15) is 15.9 Å². The van der Waals surface area contributed by atoms with E-state index in [0.29, 0.717) is 11.3 Å². The highest BCUT2D eigenvalue weighted by atomic mass is 35.5. The summed E-state index contributed by atoms with van der Waals surface area (Å²) in [5.41, 5.74) is 7.08. The fraction of sp³-hybridized carbons (Fsp3) is 0.0714. The number of hydrogen-bond donors (Lipinski definition) is 2. The number of hydrogen-bond acceptors (Lipinski definition) is 2. The van der Waals surface area contributed by atoms with E-state index in [2.05, 4.69) is 5.32 Å². The van der Waals surface area contributed by atoms with Crippen LogP contribution in [0.2, 0.25) is 10.0 Å². The molecule has 0 unspecified atom stereocenters. The SMILES string of the molecule is Cc1cc(NC(=O)c2cc(N)c(Cl)c(Cl)c2)ccc1F. The summed E-state index contributed by atoms with van der Waals surface area (Å²) >= 11 is 11.7. The third kappa shape index (κ3) is 3.03. The standard InChI is InChI=1S/C14H11Cl2FN2O/c1-7-4-9(2-3-11(7)17)19-14(20)8-5-10(15)13(16)12(18)6-8/h2-6H,18H2,1H3,(H,19,20). The molecule has 0 saturated heterocycles. The lowest BCUT2D eigenvalue weighted by atomic mass is 10.1. The molecule has 0 aliphatic carbocycles. The first-order valence-corrected chi connectivity index (χ1v) is 6.46. The van der Waals surface area contributed by atoms with Gasteiger partial charge in [0.2, 0.25) is 0 Å². The summed E-state index contributed by atoms with van der Waals surface area (Å²) in [6.07, 6.45) is 0. The van der Waals surface area contributed by atoms with Crippen LogP contribution in [0.5, 0.6) is 0 Å². The average molecular weight is 313 g/mol. The highest BCUT2D eigenvalue weighted by molar-refractivity contribution is 6.44. The number of benzene rings is 2. The monoisotopic (exact) mass is 312 g/mol. The molecule has 0 aliphatic heterocycles. The summed E-state index contributed by atoms with van der Waals surface area (Å²) in [4.78, 5) is 12.1. The fourth-order valence-corrected chi connectivity index (χ4v) is 2.00. The van der Waals surface area contributed by atoms with Crippen LogP contribution in [0.25, 0.3) is 0 Å². The van der Waals surface area contributed by atoms with Crippen LogP contribution in [-0.2, 0) is 0 Å². The zero-order valence-corrected chi connectivity index (χ0v) is 12.0. The van der Waals surface area contributed by atoms with Crippen molar-refractivity contribution in [3.05, 3.63) is 57.3 Å². The van der Waals surface area contributed by atoms with Gasteiger partial charge in [0, 0.05) is 11.3 Å². The Morgan fingerprint density at radius 1 is 1.25 bits per heavy atom. The van der Waals surface area contributed by atoms with Gasteiger partial charge in [-0.25, -0.2) is 4.39 Å². The maximum atomic E-state index is 13.1. The molecule has 2 rings (SSSR count). The third-order valence-corrected chi connectivity index (χ3v) is 3.55. The van der Waals surface area contributed by atoms with Gasteiger partial charge in [-0.15, -0.1) is 0 Å². The lowest BCUT2D eigenvalue weighted by Crippen LogP contribution is -2.12. The van der Waals surface area contributed by atoms with Crippen LogP contribution in [0, 0.1) is 12.7 Å². The lowest BCUT2D eigenvalue weighted by Gasteiger charge is -2.09. The van der Waals surface area contributed by atoms with Gasteiger partial charge in [0.15, 0.2) is 0 Å². The van der Waals surface area contributed by atoms with Crippen molar-refractivity contribution in [1.82, 2.24) is 0 Å². The van der Waals surface area contributed by atoms with Crippen LogP contribution < -0.4 is 11.1 Å². The smallest absolute Gasteiger partial charge is 0.255 e. The fourth-order valence-electron chi connectivity index (χ4n) is 1.67. The summed E-state index contributed by atoms with van der Waals surface area (Å²) in [7, 11) is 0. The zero-order valence-electron chi connectivity index (χ0n) is 10.5. The Morgan fingerprint density at radius 3 is 2.55 bits per heavy atom. The molecule has 0 fully saturated rings. The number of carbonyl (C=O) groups excluding carboxylic acids is 1. The summed E-state index contributed by atoms with van der Waals surface area (Å²) in [5.74, 6) is -0.733. The minimum Gasteiger partial charge on any atom is -0.397 e. The number of nitrogens with one attached hydrogen (secondary N) is 1. The molecule has 0 spiro atoms. The molecule has 104 valence electrons. The number of carbonyl (C=O) groups is 1. The van der Waals surface area contributed by atoms with Crippen molar-refractivity contribution in [3.8, 4) is 0 Å². The maximum Gasteiger partial charge on any atom is 0.255 e. The Morgan fingerprint density at radius 2 is 1.95 bits per heavy atom. The average Bonchev–Trinajstić information content (AvgIpc) is 2.39. The van der Waals surface area contributed by atoms with Crippen molar-refractivity contribution >= 4 is 40.5 Å². The molecule has 0 aromatic heterocycles. The van der Waals surface area contributed by atoms with Crippen molar-refractivity contribution < 1.29 is 9.18 Å². The van der Waals surface area contributed by atoms with Gasteiger partial charge in [0.25, 0.3) is 5.91 Å². The molecule has 0 saturated carbocycles. The Labute approximate surface area is 125 Å². The number of amides is 1. The van der Waals surface area contributed by atoms with Gasteiger partial charge in [0.1, 0.15) is 5.82 Å². The van der Waals surface area contributed by atoms with E-state index in [-0.39, 0.29) is 27.1 Å². The van der Waals surface area contributed by atoms with Gasteiger partial charge in [-0.05, 0) is 42.8 Å². The summed E-state index contributed by atoms with van der Waals surface area (Å²) in [6, 6.07) is 7.15. The van der Waals surface area contributed by atoms with Crippen molar-refractivity contribution in [1.29, 1.82) is 0 Å². The van der Waals surface area contributed by atoms with E-state index in [4.69, 9.17) is 28.9 Å². The highest BCUT2D eigenvalue weighted by Crippen LogP contribution is 2.29. The summed E-state index contributed by atoms with van der Waals surface area (Å²) < 4.78 is 13.1. The van der Waals surface area contributed by atoms with Gasteiger partial charge in [-0.1, -0.05) is 23.2 Å². The molecule has 3 nitrogen and oxygen atoms in total. The molecule has 0 atom stereocenters. The maximum absolute atomic E-state index is 13.1. The van der Waals surface area contributed by atoms with Gasteiger partial charge >= 0.3 is 0 Å². The second kappa shape index (κ2) is 5.69. The number of rotatable bonds is 2. The molecule has 1 amide bonds. The van der Waals surface area contributed by atoms with Crippen LogP contribution in [0.15, 0.2) is 30.3 Å². The van der Waals surface area contributed by atoms with Gasteiger partial charge in [0.05, 0.1) is 15.7 Å². The predicted molar refractivity (Wildman–Crippen MR) is 80.0 cm³/mol. The van der Waals surface area contributed by atoms with Crippen LogP contribution in [0.3, 0.4) is 0 Å². The van der Waals surface area contributed by atoms with Crippen molar-refractivity contribution in [3.63, 3.8) is 0 Å². The van der Waals surface area contributed by atoms with Crippen molar-refractivity contribution in [2.45, 2.75) is 6.92 Å². The molecular weight excluding hydrogens is 302 g/mol. The molecule has 3 N–H and O–H groups in total. The molecule has 0 aliphatic rings. The predicted octanol–water partition coefficient (Wildman–Crippen LogP) is 4.28. The van der Waals surface area contributed by atoms with E-state index in [0.717, 1.165) is 0 Å². The molecule has 0 radical (unpaired) electrons. The Hall–Kier alpha value is -1.78. The zero-order chi connectivity index (χ0) is 14.9. The molecule has 2 aromatic carbocycles. The normalized spacial score (nSPS) is 10.4. The Bertz CT molecular complexity index is 666. The minimum atomic E-state index is -0.402. The third-order valence-electron chi connectivity index (χ3n) is 2.73. The first-order chi connectivity index (χ1) is 9.38. The lowest BCUT2D eigenvalue weighted by molar-refractivity contribution is 0.102. The van der Waals surface area contributed by atoms with Crippen molar-refractivity contribution in [2.24, 2.45) is 0 Å². The highest BCUT2D eigenvalue weighted by Gasteiger charge is 2.12. The quantitative estimate of drug-likeness (QED) is 0.813. The summed E-state index contributed by atoms with van der Waals surface area (Å²) in [5, 5.41) is 3.05. The Kier molecular flexibility index (Phi) is 4.16. The van der Waals surface area contributed by atoms with Gasteiger partial charge < -0.3 is 11.1 Å². The number of nitrogens with two attached hydrogens (primary N) is 1. The van der Waals surface area contributed by atoms with Gasteiger partial charge in [-0.2, -0.15) is 0 Å². The van der Waals surface area contributed by atoms with Crippen LogP contribution in [0.4, 0.5) is 15.8 Å². The molecular formula is C14H11Cl2FN2O. The number of aryl methyl sites for hydroxylation is 1. The first kappa shape index (κ1) is 14.6. The molecule has 0 bridgehead atoms. The number of nitrogen functional groups attached to an aromatic ring is 1.